The highest BCUT2D eigenvalue weighted by atomic mass is 35.5. The number of rotatable bonds is 25. The van der Waals surface area contributed by atoms with Crippen LogP contribution in [0.2, 0.25) is 0 Å². The van der Waals surface area contributed by atoms with Crippen LogP contribution in [-0.2, 0) is 14.3 Å². The van der Waals surface area contributed by atoms with E-state index in [-0.39, 0.29) is 38.1 Å². The molecule has 9 nitrogen and oxygen atoms in total. The molecule has 0 spiro atoms. The number of nitrogens with one attached hydrogen (secondary N) is 2. The highest BCUT2D eigenvalue weighted by Crippen LogP contribution is 2.13. The number of unbranched alkanes of at least 4 members (excludes halogenated alkanes) is 15. The topological polar surface area (TPSA) is 97.0 Å². The van der Waals surface area contributed by atoms with Crippen molar-refractivity contribution in [3.05, 3.63) is 0 Å². The van der Waals surface area contributed by atoms with Crippen molar-refractivity contribution >= 4 is 18.0 Å². The summed E-state index contributed by atoms with van der Waals surface area (Å²) in [5, 5.41) is 5.49. The highest BCUT2D eigenvalue weighted by Gasteiger charge is 2.26. The Kier molecular flexibility index (Phi) is 27.6. The first-order valence-corrected chi connectivity index (χ1v) is 16.0. The lowest BCUT2D eigenvalue weighted by atomic mass is 10.0. The van der Waals surface area contributed by atoms with Crippen LogP contribution in [0.5, 0.6) is 0 Å². The third-order valence-electron chi connectivity index (χ3n) is 7.52. The molecular formula is C31H63ClN4O5. The zero-order valence-corrected chi connectivity index (χ0v) is 28.0. The smallest absolute Gasteiger partial charge is 0.407 e. The lowest BCUT2D eigenvalue weighted by Gasteiger charge is -2.33. The van der Waals surface area contributed by atoms with Crippen molar-refractivity contribution < 1.29 is 40.7 Å². The number of quaternary nitrogens is 1. The van der Waals surface area contributed by atoms with Crippen LogP contribution in [-0.4, -0.2) is 87.6 Å². The van der Waals surface area contributed by atoms with Gasteiger partial charge in [-0.1, -0.05) is 103 Å². The Bertz CT molecular complexity index is 666. The lowest BCUT2D eigenvalue weighted by Crippen LogP contribution is -3.00. The summed E-state index contributed by atoms with van der Waals surface area (Å²) in [6, 6.07) is -0.484. The second-order valence-electron chi connectivity index (χ2n) is 11.7. The maximum atomic E-state index is 12.5. The second kappa shape index (κ2) is 27.3. The Hall–Kier alpha value is -1.58. The monoisotopic (exact) mass is 606 g/mol. The first-order valence-electron chi connectivity index (χ1n) is 16.0. The standard InChI is InChI=1S/C31H62N4O5.ClH/c1-7-9-10-11-12-13-14-15-16-17-18-19-20-21-22-23-24-32-31(38)40-26-29(39-6)25-33-30(37)34(28(3)36)27-35(4,5)8-2;/h29H,7-27H2,1-6H3,(H-,32,33,37,38);1H. The van der Waals surface area contributed by atoms with Crippen molar-refractivity contribution in [3.63, 3.8) is 0 Å². The first kappa shape index (κ1) is 41.6. The first-order chi connectivity index (χ1) is 19.2. The molecule has 0 aliphatic heterocycles. The van der Waals surface area contributed by atoms with E-state index in [4.69, 9.17) is 9.47 Å². The predicted octanol–water partition coefficient (Wildman–Crippen LogP) is 3.61. The number of hydrogen-bond acceptors (Lipinski definition) is 5. The van der Waals surface area contributed by atoms with Crippen LogP contribution < -0.4 is 23.0 Å². The molecule has 4 amide bonds. The van der Waals surface area contributed by atoms with Crippen molar-refractivity contribution in [2.24, 2.45) is 0 Å². The highest BCUT2D eigenvalue weighted by molar-refractivity contribution is 5.93. The quantitative estimate of drug-likeness (QED) is 0.0940. The number of alkyl carbamates (subject to hydrolysis) is 1. The number of amides is 4. The molecule has 0 aromatic rings. The Morgan fingerprint density at radius 1 is 0.756 bits per heavy atom. The van der Waals surface area contributed by atoms with Gasteiger partial charge in [-0.3, -0.25) is 4.79 Å². The molecular weight excluding hydrogens is 544 g/mol. The number of urea groups is 1. The molecule has 0 heterocycles. The fourth-order valence-electron chi connectivity index (χ4n) is 4.38. The largest absolute Gasteiger partial charge is 1.00 e. The molecule has 0 fully saturated rings. The minimum atomic E-state index is -0.507. The number of halogens is 1. The summed E-state index contributed by atoms with van der Waals surface area (Å²) in [6.07, 6.45) is 20.1. The Morgan fingerprint density at radius 2 is 1.22 bits per heavy atom. The van der Waals surface area contributed by atoms with Crippen molar-refractivity contribution in [2.75, 3.05) is 54.1 Å². The number of carbonyl (C=O) groups is 3. The number of hydrogen-bond donors (Lipinski definition) is 2. The molecule has 0 aromatic heterocycles. The van der Waals surface area contributed by atoms with Crippen LogP contribution >= 0.6 is 0 Å². The normalized spacial score (nSPS) is 11.9. The molecule has 0 aliphatic carbocycles. The summed E-state index contributed by atoms with van der Waals surface area (Å²) in [5.41, 5.74) is 0. The molecule has 1 atom stereocenters. The van der Waals surface area contributed by atoms with Gasteiger partial charge in [0.05, 0.1) is 20.6 Å². The second-order valence-corrected chi connectivity index (χ2v) is 11.7. The summed E-state index contributed by atoms with van der Waals surface area (Å²) in [5.74, 6) is -0.323. The van der Waals surface area contributed by atoms with E-state index in [1.165, 1.54) is 109 Å². The van der Waals surface area contributed by atoms with Gasteiger partial charge < -0.3 is 37.0 Å². The van der Waals surface area contributed by atoms with E-state index in [2.05, 4.69) is 17.6 Å². The molecule has 244 valence electrons. The average Bonchev–Trinajstić information content (AvgIpc) is 2.93. The van der Waals surface area contributed by atoms with Gasteiger partial charge in [-0.25, -0.2) is 14.5 Å². The van der Waals surface area contributed by atoms with E-state index in [0.717, 1.165) is 19.4 Å². The molecule has 0 saturated carbocycles. The van der Waals surface area contributed by atoms with Gasteiger partial charge in [0.1, 0.15) is 12.7 Å². The van der Waals surface area contributed by atoms with Gasteiger partial charge in [-0.2, -0.15) is 0 Å². The average molecular weight is 607 g/mol. The van der Waals surface area contributed by atoms with Gasteiger partial charge in [0, 0.05) is 27.1 Å². The van der Waals surface area contributed by atoms with Gasteiger partial charge in [0.2, 0.25) is 5.91 Å². The number of nitrogens with zero attached hydrogens (tertiary/aromatic N) is 2. The molecule has 0 rings (SSSR count). The van der Waals surface area contributed by atoms with Crippen LogP contribution in [0.3, 0.4) is 0 Å². The maximum absolute atomic E-state index is 12.5. The van der Waals surface area contributed by atoms with Gasteiger partial charge in [0.25, 0.3) is 0 Å². The molecule has 10 heteroatoms. The van der Waals surface area contributed by atoms with E-state index in [1.54, 1.807) is 0 Å². The van der Waals surface area contributed by atoms with Crippen molar-refractivity contribution in [3.8, 4) is 0 Å². The third-order valence-corrected chi connectivity index (χ3v) is 7.52. The molecule has 41 heavy (non-hydrogen) atoms. The van der Waals surface area contributed by atoms with E-state index in [0.29, 0.717) is 11.0 Å². The van der Waals surface area contributed by atoms with E-state index in [1.807, 2.05) is 21.0 Å². The summed E-state index contributed by atoms with van der Waals surface area (Å²) in [7, 11) is 5.40. The summed E-state index contributed by atoms with van der Waals surface area (Å²) in [4.78, 5) is 37.7. The van der Waals surface area contributed by atoms with Crippen LogP contribution in [0.1, 0.15) is 124 Å². The molecule has 0 aromatic carbocycles. The number of carbonyl (C=O) groups excluding carboxylic acids is 3. The molecule has 1 unspecified atom stereocenters. The summed E-state index contributed by atoms with van der Waals surface area (Å²) >= 11 is 0. The molecule has 2 N–H and O–H groups in total. The number of imide groups is 1. The molecule has 0 saturated heterocycles. The van der Waals surface area contributed by atoms with Crippen molar-refractivity contribution in [2.45, 2.75) is 130 Å². The molecule has 0 radical (unpaired) electrons. The van der Waals surface area contributed by atoms with Gasteiger partial charge in [-0.05, 0) is 13.3 Å². The number of methoxy groups -OCH3 is 1. The lowest BCUT2D eigenvalue weighted by molar-refractivity contribution is -0.895. The fraction of sp³-hybridized carbons (Fsp3) is 0.903. The minimum Gasteiger partial charge on any atom is -1.00 e. The zero-order chi connectivity index (χ0) is 30.1. The van der Waals surface area contributed by atoms with Crippen LogP contribution in [0, 0.1) is 0 Å². The zero-order valence-electron chi connectivity index (χ0n) is 27.2. The van der Waals surface area contributed by atoms with E-state index < -0.39 is 18.2 Å². The van der Waals surface area contributed by atoms with E-state index in [9.17, 15) is 14.4 Å². The van der Waals surface area contributed by atoms with Gasteiger partial charge >= 0.3 is 12.1 Å². The van der Waals surface area contributed by atoms with Crippen LogP contribution in [0.25, 0.3) is 0 Å². The van der Waals surface area contributed by atoms with Crippen molar-refractivity contribution in [1.29, 1.82) is 0 Å². The summed E-state index contributed by atoms with van der Waals surface area (Å²) in [6.45, 7) is 7.42. The minimum absolute atomic E-state index is 0. The van der Waals surface area contributed by atoms with Crippen molar-refractivity contribution in [1.82, 2.24) is 15.5 Å². The Labute approximate surface area is 257 Å². The van der Waals surface area contributed by atoms with Gasteiger partial charge in [-0.15, -0.1) is 0 Å². The SMILES string of the molecule is CCCCCCCCCCCCCCCCCCNC(=O)OCC(CNC(=O)N(C[N+](C)(C)CC)C(C)=O)OC.[Cl-]. The third kappa shape index (κ3) is 24.7. The molecule has 0 bridgehead atoms. The van der Waals surface area contributed by atoms with Gasteiger partial charge in [0.15, 0.2) is 6.67 Å². The Morgan fingerprint density at radius 3 is 1.63 bits per heavy atom. The van der Waals surface area contributed by atoms with E-state index >= 15 is 0 Å². The van der Waals surface area contributed by atoms with Crippen LogP contribution in [0.4, 0.5) is 9.59 Å². The Balaban J connectivity index is 0. The van der Waals surface area contributed by atoms with Crippen LogP contribution in [0.15, 0.2) is 0 Å². The fourth-order valence-corrected chi connectivity index (χ4v) is 4.38. The number of ether oxygens (including phenoxy) is 2. The predicted molar refractivity (Wildman–Crippen MR) is 163 cm³/mol. The maximum Gasteiger partial charge on any atom is 0.407 e. The molecule has 0 aliphatic rings. The summed E-state index contributed by atoms with van der Waals surface area (Å²) < 4.78 is 11.1.